The third-order valence-electron chi connectivity index (χ3n) is 1.26. The number of nitrogens with zero attached hydrogens (tertiary/aromatic N) is 1. The van der Waals surface area contributed by atoms with E-state index in [1.165, 1.54) is 5.41 Å². The van der Waals surface area contributed by atoms with Crippen molar-refractivity contribution in [3.8, 4) is 0 Å². The molecule has 1 rings (SSSR count). The van der Waals surface area contributed by atoms with E-state index in [1.54, 1.807) is 19.1 Å². The van der Waals surface area contributed by atoms with Crippen molar-refractivity contribution < 1.29 is 4.21 Å². The summed E-state index contributed by atoms with van der Waals surface area (Å²) >= 11 is 0. The Morgan fingerprint density at radius 1 is 1.70 bits per heavy atom. The van der Waals surface area contributed by atoms with Crippen LogP contribution >= 0.6 is 0 Å². The minimum Gasteiger partial charge on any atom is -0.250 e. The van der Waals surface area contributed by atoms with Crippen LogP contribution in [0.5, 0.6) is 0 Å². The average molecular weight is 157 g/mol. The van der Waals surface area contributed by atoms with E-state index in [0.29, 0.717) is 4.91 Å². The van der Waals surface area contributed by atoms with Gasteiger partial charge in [-0.2, -0.15) is 4.91 Å². The molecule has 0 aromatic heterocycles. The highest BCUT2D eigenvalue weighted by atomic mass is 32.2. The van der Waals surface area contributed by atoms with Gasteiger partial charge in [0.15, 0.2) is 0 Å². The van der Waals surface area contributed by atoms with Gasteiger partial charge in [0, 0.05) is 10.3 Å². The van der Waals surface area contributed by atoms with E-state index in [1.807, 2.05) is 0 Å². The first-order valence-corrected chi connectivity index (χ1v) is 4.08. The molecule has 0 N–H and O–H groups in total. The molecule has 2 atom stereocenters. The zero-order valence-corrected chi connectivity index (χ0v) is 6.30. The first-order chi connectivity index (χ1) is 4.75. The number of nitroso groups, excluding NO2 is 1. The molecule has 0 aliphatic carbocycles. The molecule has 10 heavy (non-hydrogen) atoms. The summed E-state index contributed by atoms with van der Waals surface area (Å²) in [5, 5.41) is 4.31. The van der Waals surface area contributed by atoms with E-state index in [9.17, 15) is 9.12 Å². The number of hydrogen-bond donors (Lipinski definition) is 0. The molecule has 0 bridgehead atoms. The Kier molecular flexibility index (Phi) is 2.11. The fourth-order valence-electron chi connectivity index (χ4n) is 0.710. The molecule has 1 aliphatic rings. The molecule has 4 heteroatoms. The van der Waals surface area contributed by atoms with Crippen molar-refractivity contribution in [3.05, 3.63) is 27.4 Å². The highest BCUT2D eigenvalue weighted by Gasteiger charge is 2.15. The van der Waals surface area contributed by atoms with Gasteiger partial charge in [0.05, 0.1) is 10.8 Å². The second-order valence-electron chi connectivity index (χ2n) is 1.98. The minimum absolute atomic E-state index is 0.462. The van der Waals surface area contributed by atoms with Crippen LogP contribution in [-0.2, 0) is 10.8 Å². The van der Waals surface area contributed by atoms with E-state index < -0.39 is 16.8 Å². The van der Waals surface area contributed by atoms with Gasteiger partial charge < -0.3 is 0 Å². The third kappa shape index (κ3) is 1.21. The number of hydrogen-bond acceptors (Lipinski definition) is 3. The van der Waals surface area contributed by atoms with Crippen LogP contribution in [0, 0.1) is 4.91 Å². The Bertz CT molecular complexity index is 232. The zero-order chi connectivity index (χ0) is 7.56. The monoisotopic (exact) mass is 157 g/mol. The van der Waals surface area contributed by atoms with Gasteiger partial charge in [0.25, 0.3) is 0 Å². The standard InChI is InChI=1S/C6H7NO2S/c1-5(7-8)6-3-2-4-10(6)9/h2-5H,1H3. The van der Waals surface area contributed by atoms with Gasteiger partial charge in [0.1, 0.15) is 6.04 Å². The van der Waals surface area contributed by atoms with Crippen LogP contribution in [0.3, 0.4) is 0 Å². The normalized spacial score (nSPS) is 26.1. The van der Waals surface area contributed by atoms with Crippen molar-refractivity contribution >= 4 is 10.8 Å². The molecule has 0 aromatic rings. The van der Waals surface area contributed by atoms with E-state index in [0.717, 1.165) is 0 Å². The van der Waals surface area contributed by atoms with Crippen LogP contribution in [0.25, 0.3) is 0 Å². The maximum atomic E-state index is 10.9. The molecular weight excluding hydrogens is 150 g/mol. The van der Waals surface area contributed by atoms with Crippen LogP contribution in [0.15, 0.2) is 27.6 Å². The fraction of sp³-hybridized carbons (Fsp3) is 0.333. The lowest BCUT2D eigenvalue weighted by molar-refractivity contribution is 0.689. The average Bonchev–Trinajstić information content (AvgIpc) is 2.34. The third-order valence-corrected chi connectivity index (χ3v) is 2.61. The highest BCUT2D eigenvalue weighted by molar-refractivity contribution is 7.92. The van der Waals surface area contributed by atoms with Crippen molar-refractivity contribution in [2.24, 2.45) is 5.18 Å². The second-order valence-corrected chi connectivity index (χ2v) is 3.31. The summed E-state index contributed by atoms with van der Waals surface area (Å²) in [4.78, 5) is 10.6. The van der Waals surface area contributed by atoms with Crippen molar-refractivity contribution in [1.82, 2.24) is 0 Å². The van der Waals surface area contributed by atoms with Crippen LogP contribution in [0.1, 0.15) is 6.92 Å². The first kappa shape index (κ1) is 7.34. The van der Waals surface area contributed by atoms with Gasteiger partial charge in [-0.15, -0.1) is 0 Å². The predicted octanol–water partition coefficient (Wildman–Crippen LogP) is 1.30. The number of allylic oxidation sites excluding steroid dienone is 2. The molecule has 0 fully saturated rings. The van der Waals surface area contributed by atoms with Gasteiger partial charge in [-0.1, -0.05) is 11.3 Å². The summed E-state index contributed by atoms with van der Waals surface area (Å²) in [7, 11) is -1.10. The van der Waals surface area contributed by atoms with Crippen LogP contribution in [0.4, 0.5) is 0 Å². The van der Waals surface area contributed by atoms with Crippen LogP contribution < -0.4 is 0 Å². The Labute approximate surface area is 61.2 Å². The molecule has 0 amide bonds. The molecule has 0 spiro atoms. The summed E-state index contributed by atoms with van der Waals surface area (Å²) in [6.07, 6.45) is 3.34. The van der Waals surface area contributed by atoms with Gasteiger partial charge in [-0.05, 0) is 13.0 Å². The highest BCUT2D eigenvalue weighted by Crippen LogP contribution is 2.17. The van der Waals surface area contributed by atoms with E-state index in [4.69, 9.17) is 0 Å². The van der Waals surface area contributed by atoms with Gasteiger partial charge in [-0.3, -0.25) is 0 Å². The van der Waals surface area contributed by atoms with Crippen LogP contribution in [-0.4, -0.2) is 10.3 Å². The maximum absolute atomic E-state index is 10.9. The summed E-state index contributed by atoms with van der Waals surface area (Å²) in [6.45, 7) is 1.63. The van der Waals surface area contributed by atoms with Crippen LogP contribution in [0.2, 0.25) is 0 Å². The van der Waals surface area contributed by atoms with E-state index in [2.05, 4.69) is 5.18 Å². The molecule has 0 saturated carbocycles. The molecular formula is C6H7NO2S. The summed E-state index contributed by atoms with van der Waals surface area (Å²) in [5.41, 5.74) is 0. The molecule has 0 radical (unpaired) electrons. The Hall–Kier alpha value is -0.770. The lowest BCUT2D eigenvalue weighted by Gasteiger charge is -1.99. The van der Waals surface area contributed by atoms with E-state index >= 15 is 0 Å². The second kappa shape index (κ2) is 2.88. The minimum atomic E-state index is -1.10. The SMILES string of the molecule is CC(N=O)C1=CC=CS1=O. The predicted molar refractivity (Wildman–Crippen MR) is 40.6 cm³/mol. The molecule has 54 valence electrons. The topological polar surface area (TPSA) is 46.5 Å². The largest absolute Gasteiger partial charge is 0.250 e. The zero-order valence-electron chi connectivity index (χ0n) is 5.48. The van der Waals surface area contributed by atoms with Gasteiger partial charge in [-0.25, -0.2) is 4.21 Å². The lowest BCUT2D eigenvalue weighted by atomic mass is 10.3. The Morgan fingerprint density at radius 3 is 2.80 bits per heavy atom. The van der Waals surface area contributed by atoms with E-state index in [-0.39, 0.29) is 0 Å². The van der Waals surface area contributed by atoms with Crippen molar-refractivity contribution in [1.29, 1.82) is 0 Å². The van der Waals surface area contributed by atoms with Crippen molar-refractivity contribution in [2.45, 2.75) is 13.0 Å². The van der Waals surface area contributed by atoms with Crippen molar-refractivity contribution in [2.75, 3.05) is 0 Å². The molecule has 0 aromatic carbocycles. The Balaban J connectivity index is 2.76. The maximum Gasteiger partial charge on any atom is 0.123 e. The molecule has 0 saturated heterocycles. The van der Waals surface area contributed by atoms with Crippen molar-refractivity contribution in [3.63, 3.8) is 0 Å². The molecule has 2 unspecified atom stereocenters. The first-order valence-electron chi connectivity index (χ1n) is 2.87. The molecule has 3 nitrogen and oxygen atoms in total. The summed E-state index contributed by atoms with van der Waals surface area (Å²) in [6, 6.07) is -0.462. The smallest absolute Gasteiger partial charge is 0.123 e. The molecule has 1 heterocycles. The Morgan fingerprint density at radius 2 is 2.40 bits per heavy atom. The number of rotatable bonds is 2. The van der Waals surface area contributed by atoms with Gasteiger partial charge >= 0.3 is 0 Å². The quantitative estimate of drug-likeness (QED) is 0.567. The lowest BCUT2D eigenvalue weighted by Crippen LogP contribution is -2.03. The summed E-state index contributed by atoms with van der Waals surface area (Å²) in [5.74, 6) is 0. The van der Waals surface area contributed by atoms with Gasteiger partial charge in [0.2, 0.25) is 0 Å². The summed E-state index contributed by atoms with van der Waals surface area (Å²) < 4.78 is 10.9. The fourth-order valence-corrected chi connectivity index (χ4v) is 1.68. The molecule has 1 aliphatic heterocycles.